The van der Waals surface area contributed by atoms with Crippen molar-refractivity contribution in [1.29, 1.82) is 0 Å². The first-order valence-corrected chi connectivity index (χ1v) is 6.73. The fourth-order valence-corrected chi connectivity index (χ4v) is 2.01. The first-order chi connectivity index (χ1) is 8.33. The zero-order valence-electron chi connectivity index (χ0n) is 10.8. The topological polar surface area (TPSA) is 26.0 Å². The number of nitrogens with two attached hydrogens (primary N) is 1. The normalized spacial score (nSPS) is 12.3. The summed E-state index contributed by atoms with van der Waals surface area (Å²) >= 11 is 0. The summed E-state index contributed by atoms with van der Waals surface area (Å²) in [5, 5.41) is 0. The third-order valence-electron chi connectivity index (χ3n) is 3.13. The maximum atomic E-state index is 6.12. The lowest BCUT2D eigenvalue weighted by Crippen LogP contribution is -2.20. The molecule has 17 heavy (non-hydrogen) atoms. The molecule has 0 saturated carbocycles. The van der Waals surface area contributed by atoms with Crippen molar-refractivity contribution < 1.29 is 0 Å². The molecule has 1 rings (SSSR count). The van der Waals surface area contributed by atoms with E-state index in [1.54, 1.807) is 0 Å². The highest BCUT2D eigenvalue weighted by molar-refractivity contribution is 5.14. The standard InChI is InChI=1S/C16H25N/c1-2-3-4-5-9-12-16(17)14-13-15-10-7-6-8-11-15/h2,6-8,10-11,16H,1,3-5,9,12-14,17H2. The van der Waals surface area contributed by atoms with Crippen LogP contribution < -0.4 is 5.73 Å². The van der Waals surface area contributed by atoms with Crippen molar-refractivity contribution in [3.63, 3.8) is 0 Å². The molecule has 1 aromatic carbocycles. The SMILES string of the molecule is C=CCCCCCC(N)CCc1ccccc1. The summed E-state index contributed by atoms with van der Waals surface area (Å²) in [4.78, 5) is 0. The van der Waals surface area contributed by atoms with Gasteiger partial charge in [-0.2, -0.15) is 0 Å². The van der Waals surface area contributed by atoms with Crippen molar-refractivity contribution in [2.24, 2.45) is 5.73 Å². The minimum atomic E-state index is 0.360. The van der Waals surface area contributed by atoms with Crippen LogP contribution in [0, 0.1) is 0 Å². The number of benzene rings is 1. The van der Waals surface area contributed by atoms with Gasteiger partial charge in [0, 0.05) is 6.04 Å². The monoisotopic (exact) mass is 231 g/mol. The molecule has 1 unspecified atom stereocenters. The summed E-state index contributed by atoms with van der Waals surface area (Å²) in [6.07, 6.45) is 10.3. The number of rotatable bonds is 9. The van der Waals surface area contributed by atoms with Crippen LogP contribution in [0.5, 0.6) is 0 Å². The molecule has 0 amide bonds. The molecule has 2 N–H and O–H groups in total. The van der Waals surface area contributed by atoms with Gasteiger partial charge in [0.15, 0.2) is 0 Å². The maximum absolute atomic E-state index is 6.12. The second-order valence-corrected chi connectivity index (χ2v) is 4.71. The molecule has 0 aliphatic rings. The molecule has 1 aromatic rings. The van der Waals surface area contributed by atoms with Crippen molar-refractivity contribution in [3.8, 4) is 0 Å². The van der Waals surface area contributed by atoms with Crippen LogP contribution in [0.15, 0.2) is 43.0 Å². The van der Waals surface area contributed by atoms with Crippen molar-refractivity contribution in [3.05, 3.63) is 48.6 Å². The lowest BCUT2D eigenvalue weighted by molar-refractivity contribution is 0.525. The largest absolute Gasteiger partial charge is 0.328 e. The maximum Gasteiger partial charge on any atom is 0.00419 e. The highest BCUT2D eigenvalue weighted by Crippen LogP contribution is 2.10. The zero-order chi connectivity index (χ0) is 12.3. The van der Waals surface area contributed by atoms with Crippen LogP contribution in [0.3, 0.4) is 0 Å². The number of aryl methyl sites for hydroxylation is 1. The third kappa shape index (κ3) is 6.96. The van der Waals surface area contributed by atoms with E-state index in [1.165, 1.54) is 24.8 Å². The average molecular weight is 231 g/mol. The second kappa shape index (κ2) is 9.00. The molecule has 0 aromatic heterocycles. The molecule has 0 aliphatic carbocycles. The molecule has 0 radical (unpaired) electrons. The molecule has 0 heterocycles. The molecule has 1 nitrogen and oxygen atoms in total. The summed E-state index contributed by atoms with van der Waals surface area (Å²) in [5.41, 5.74) is 7.51. The van der Waals surface area contributed by atoms with Gasteiger partial charge in [0.05, 0.1) is 0 Å². The second-order valence-electron chi connectivity index (χ2n) is 4.71. The molecule has 94 valence electrons. The van der Waals surface area contributed by atoms with Gasteiger partial charge in [0.2, 0.25) is 0 Å². The van der Waals surface area contributed by atoms with Gasteiger partial charge in [-0.25, -0.2) is 0 Å². The predicted molar refractivity (Wildman–Crippen MR) is 76.0 cm³/mol. The van der Waals surface area contributed by atoms with Crippen molar-refractivity contribution in [2.45, 2.75) is 51.0 Å². The fraction of sp³-hybridized carbons (Fsp3) is 0.500. The molecule has 0 bridgehead atoms. The first-order valence-electron chi connectivity index (χ1n) is 6.73. The summed E-state index contributed by atoms with van der Waals surface area (Å²) < 4.78 is 0. The number of allylic oxidation sites excluding steroid dienone is 1. The minimum absolute atomic E-state index is 0.360. The van der Waals surface area contributed by atoms with Gasteiger partial charge in [-0.1, -0.05) is 49.2 Å². The molecule has 0 spiro atoms. The Bertz CT molecular complexity index is 292. The van der Waals surface area contributed by atoms with E-state index in [0.29, 0.717) is 6.04 Å². The Balaban J connectivity index is 2.05. The Labute approximate surface area is 106 Å². The Hall–Kier alpha value is -1.08. The van der Waals surface area contributed by atoms with Crippen LogP contribution in [-0.2, 0) is 6.42 Å². The third-order valence-corrected chi connectivity index (χ3v) is 3.13. The molecular weight excluding hydrogens is 206 g/mol. The van der Waals surface area contributed by atoms with E-state index in [0.717, 1.165) is 25.7 Å². The van der Waals surface area contributed by atoms with Gasteiger partial charge in [-0.15, -0.1) is 6.58 Å². The Morgan fingerprint density at radius 3 is 2.53 bits per heavy atom. The summed E-state index contributed by atoms with van der Waals surface area (Å²) in [6.45, 7) is 3.73. The zero-order valence-corrected chi connectivity index (χ0v) is 10.8. The van der Waals surface area contributed by atoms with Gasteiger partial charge in [-0.05, 0) is 37.7 Å². The van der Waals surface area contributed by atoms with Crippen LogP contribution in [0.25, 0.3) is 0 Å². The van der Waals surface area contributed by atoms with Crippen LogP contribution in [0.1, 0.15) is 44.1 Å². The van der Waals surface area contributed by atoms with E-state index in [2.05, 4.69) is 36.9 Å². The molecule has 0 aliphatic heterocycles. The Kier molecular flexibility index (Phi) is 7.40. The van der Waals surface area contributed by atoms with E-state index in [1.807, 2.05) is 6.08 Å². The molecule has 1 heteroatoms. The highest BCUT2D eigenvalue weighted by Gasteiger charge is 2.02. The van der Waals surface area contributed by atoms with Crippen LogP contribution in [0.4, 0.5) is 0 Å². The van der Waals surface area contributed by atoms with Crippen molar-refractivity contribution in [2.75, 3.05) is 0 Å². The number of hydrogen-bond acceptors (Lipinski definition) is 1. The van der Waals surface area contributed by atoms with Crippen LogP contribution in [0.2, 0.25) is 0 Å². The van der Waals surface area contributed by atoms with Crippen molar-refractivity contribution >= 4 is 0 Å². The van der Waals surface area contributed by atoms with Crippen molar-refractivity contribution in [1.82, 2.24) is 0 Å². The lowest BCUT2D eigenvalue weighted by atomic mass is 10.0. The predicted octanol–water partition coefficient (Wildman–Crippen LogP) is 4.08. The Morgan fingerprint density at radius 1 is 1.06 bits per heavy atom. The molecule has 0 saturated heterocycles. The smallest absolute Gasteiger partial charge is 0.00419 e. The summed E-state index contributed by atoms with van der Waals surface area (Å²) in [7, 11) is 0. The molecule has 0 fully saturated rings. The summed E-state index contributed by atoms with van der Waals surface area (Å²) in [5.74, 6) is 0. The van der Waals surface area contributed by atoms with E-state index < -0.39 is 0 Å². The van der Waals surface area contributed by atoms with Gasteiger partial charge in [0.25, 0.3) is 0 Å². The Morgan fingerprint density at radius 2 is 1.82 bits per heavy atom. The van der Waals surface area contributed by atoms with Crippen LogP contribution in [-0.4, -0.2) is 6.04 Å². The highest BCUT2D eigenvalue weighted by atomic mass is 14.6. The number of hydrogen-bond donors (Lipinski definition) is 1. The average Bonchev–Trinajstić information content (AvgIpc) is 2.37. The fourth-order valence-electron chi connectivity index (χ4n) is 2.01. The van der Waals surface area contributed by atoms with Gasteiger partial charge < -0.3 is 5.73 Å². The number of unbranched alkanes of at least 4 members (excludes halogenated alkanes) is 3. The van der Waals surface area contributed by atoms with E-state index in [-0.39, 0.29) is 0 Å². The van der Waals surface area contributed by atoms with Crippen LogP contribution >= 0.6 is 0 Å². The van der Waals surface area contributed by atoms with Gasteiger partial charge >= 0.3 is 0 Å². The van der Waals surface area contributed by atoms with Gasteiger partial charge in [-0.3, -0.25) is 0 Å². The molecule has 1 atom stereocenters. The first kappa shape index (κ1) is 14.0. The summed E-state index contributed by atoms with van der Waals surface area (Å²) in [6, 6.07) is 11.0. The van der Waals surface area contributed by atoms with Gasteiger partial charge in [0.1, 0.15) is 0 Å². The molecular formula is C16H25N. The van der Waals surface area contributed by atoms with E-state index >= 15 is 0 Å². The minimum Gasteiger partial charge on any atom is -0.328 e. The lowest BCUT2D eigenvalue weighted by Gasteiger charge is -2.11. The quantitative estimate of drug-likeness (QED) is 0.503. The van der Waals surface area contributed by atoms with E-state index in [9.17, 15) is 0 Å². The van der Waals surface area contributed by atoms with E-state index in [4.69, 9.17) is 5.73 Å².